The number of ether oxygens (including phenoxy) is 1. The third-order valence-electron chi connectivity index (χ3n) is 5.79. The zero-order valence-corrected chi connectivity index (χ0v) is 19.6. The van der Waals surface area contributed by atoms with Crippen molar-refractivity contribution >= 4 is 44.3 Å². The number of nitrogen functional groups attached to an aromatic ring is 2. The van der Waals surface area contributed by atoms with Crippen molar-refractivity contribution in [3.63, 3.8) is 0 Å². The van der Waals surface area contributed by atoms with Crippen LogP contribution >= 0.6 is 0 Å². The van der Waals surface area contributed by atoms with Gasteiger partial charge < -0.3 is 21.5 Å². The Hall–Kier alpha value is -3.65. The number of fused-ring (bicyclic) bond motifs is 1. The maximum Gasteiger partial charge on any atom is 0.471 e. The van der Waals surface area contributed by atoms with Gasteiger partial charge in [0.1, 0.15) is 11.6 Å². The molecule has 4 rings (SSSR count). The molecule has 1 saturated heterocycles. The number of sulfonamides is 1. The van der Waals surface area contributed by atoms with E-state index >= 15 is 0 Å². The summed E-state index contributed by atoms with van der Waals surface area (Å²) in [5.41, 5.74) is 12.0. The number of rotatable bonds is 6. The molecule has 0 bridgehead atoms. The maximum absolute atomic E-state index is 13.0. The fourth-order valence-corrected chi connectivity index (χ4v) is 5.37. The summed E-state index contributed by atoms with van der Waals surface area (Å²) < 4.78 is 70.4. The number of nitrogens with one attached hydrogen (secondary N) is 1. The van der Waals surface area contributed by atoms with Crippen LogP contribution in [0.4, 0.5) is 30.6 Å². The monoisotopic (exact) mass is 524 g/mol. The minimum Gasteiger partial charge on any atom is -0.492 e. The Morgan fingerprint density at radius 1 is 1.08 bits per heavy atom. The molecule has 5 N–H and O–H groups in total. The second-order valence-electron chi connectivity index (χ2n) is 8.25. The average molecular weight is 525 g/mol. The zero-order valence-electron chi connectivity index (χ0n) is 18.8. The van der Waals surface area contributed by atoms with Crippen LogP contribution in [0.2, 0.25) is 0 Å². The van der Waals surface area contributed by atoms with E-state index in [1.807, 2.05) is 0 Å². The van der Waals surface area contributed by atoms with Crippen LogP contribution < -0.4 is 21.5 Å². The SMILES string of the molecule is Nc1nc(N)c2c(OCC3CCN(S(=O)(=O)c4ccc(NC(=O)C(F)(F)F)cc4)CC3)cccc2n1. The van der Waals surface area contributed by atoms with Crippen molar-refractivity contribution in [3.05, 3.63) is 42.5 Å². The lowest BCUT2D eigenvalue weighted by Gasteiger charge is -2.31. The first kappa shape index (κ1) is 25.4. The summed E-state index contributed by atoms with van der Waals surface area (Å²) in [7, 11) is -3.85. The lowest BCUT2D eigenvalue weighted by atomic mass is 9.99. The van der Waals surface area contributed by atoms with E-state index in [0.717, 1.165) is 24.3 Å². The van der Waals surface area contributed by atoms with Gasteiger partial charge in [-0.05, 0) is 55.2 Å². The predicted octanol–water partition coefficient (Wildman–Crippen LogP) is 2.77. The van der Waals surface area contributed by atoms with E-state index < -0.39 is 22.1 Å². The van der Waals surface area contributed by atoms with Crippen LogP contribution in [-0.2, 0) is 14.8 Å². The van der Waals surface area contributed by atoms with E-state index in [2.05, 4.69) is 9.97 Å². The first-order valence-electron chi connectivity index (χ1n) is 10.9. The molecule has 0 spiro atoms. The van der Waals surface area contributed by atoms with Crippen LogP contribution in [0.5, 0.6) is 5.75 Å². The summed E-state index contributed by atoms with van der Waals surface area (Å²) in [6, 6.07) is 9.81. The molecule has 0 radical (unpaired) electrons. The zero-order chi connectivity index (χ0) is 26.1. The van der Waals surface area contributed by atoms with Gasteiger partial charge in [-0.3, -0.25) is 4.79 Å². The van der Waals surface area contributed by atoms with Crippen molar-refractivity contribution in [1.82, 2.24) is 14.3 Å². The third-order valence-corrected chi connectivity index (χ3v) is 7.70. The third kappa shape index (κ3) is 5.44. The topological polar surface area (TPSA) is 154 Å². The molecule has 3 aromatic rings. The Morgan fingerprint density at radius 3 is 2.39 bits per heavy atom. The van der Waals surface area contributed by atoms with Crippen LogP contribution in [0.3, 0.4) is 0 Å². The number of nitrogens with zero attached hydrogens (tertiary/aromatic N) is 3. The fourth-order valence-electron chi connectivity index (χ4n) is 3.90. The number of halogens is 3. The molecule has 2 aromatic carbocycles. The van der Waals surface area contributed by atoms with Gasteiger partial charge in [-0.25, -0.2) is 13.4 Å². The minimum atomic E-state index is -5.04. The summed E-state index contributed by atoms with van der Waals surface area (Å²) in [6.07, 6.45) is -3.95. The number of hydrogen-bond acceptors (Lipinski definition) is 8. The minimum absolute atomic E-state index is 0.0615. The van der Waals surface area contributed by atoms with E-state index in [-0.39, 0.29) is 41.4 Å². The number of carbonyl (C=O) groups excluding carboxylic acids is 1. The Morgan fingerprint density at radius 2 is 1.75 bits per heavy atom. The van der Waals surface area contributed by atoms with Crippen LogP contribution in [0.15, 0.2) is 47.4 Å². The van der Waals surface area contributed by atoms with Crippen LogP contribution in [0, 0.1) is 5.92 Å². The molecule has 2 heterocycles. The lowest BCUT2D eigenvalue weighted by Crippen LogP contribution is -2.39. The molecular formula is C22H23F3N6O4S. The van der Waals surface area contributed by atoms with Gasteiger partial charge in [0.25, 0.3) is 0 Å². The summed E-state index contributed by atoms with van der Waals surface area (Å²) >= 11 is 0. The van der Waals surface area contributed by atoms with Crippen molar-refractivity contribution < 1.29 is 31.1 Å². The average Bonchev–Trinajstić information content (AvgIpc) is 2.82. The molecule has 1 fully saturated rings. The molecule has 0 atom stereocenters. The second-order valence-corrected chi connectivity index (χ2v) is 10.2. The molecular weight excluding hydrogens is 501 g/mol. The van der Waals surface area contributed by atoms with E-state index in [1.54, 1.807) is 23.5 Å². The van der Waals surface area contributed by atoms with Gasteiger partial charge in [-0.2, -0.15) is 22.5 Å². The van der Waals surface area contributed by atoms with Crippen LogP contribution in [0.25, 0.3) is 10.9 Å². The summed E-state index contributed by atoms with van der Waals surface area (Å²) in [6.45, 7) is 0.838. The number of piperidine rings is 1. The highest BCUT2D eigenvalue weighted by atomic mass is 32.2. The molecule has 1 amide bonds. The van der Waals surface area contributed by atoms with Crippen LogP contribution in [0.1, 0.15) is 12.8 Å². The number of amides is 1. The number of anilines is 3. The molecule has 14 heteroatoms. The molecule has 1 aliphatic heterocycles. The van der Waals surface area contributed by atoms with Gasteiger partial charge in [0.15, 0.2) is 0 Å². The Labute approximate surface area is 204 Å². The Kier molecular flexibility index (Phi) is 6.91. The molecule has 36 heavy (non-hydrogen) atoms. The standard InChI is InChI=1S/C22H23F3N6O4S/c23-22(24,25)20(32)28-14-4-6-15(7-5-14)36(33,34)31-10-8-13(9-11-31)12-35-17-3-1-2-16-18(17)19(26)30-21(27)29-16/h1-7,13H,8-12H2,(H,28,32)(H4,26,27,29,30). The molecule has 0 aliphatic carbocycles. The largest absolute Gasteiger partial charge is 0.492 e. The first-order valence-corrected chi connectivity index (χ1v) is 12.3. The highest BCUT2D eigenvalue weighted by Crippen LogP contribution is 2.31. The van der Waals surface area contributed by atoms with Gasteiger partial charge in [-0.1, -0.05) is 6.07 Å². The second kappa shape index (κ2) is 9.78. The summed E-state index contributed by atoms with van der Waals surface area (Å²) in [4.78, 5) is 19.1. The Balaban J connectivity index is 1.35. The fraction of sp³-hybridized carbons (Fsp3) is 0.318. The highest BCUT2D eigenvalue weighted by Gasteiger charge is 2.38. The first-order chi connectivity index (χ1) is 16.9. The van der Waals surface area contributed by atoms with Gasteiger partial charge in [0, 0.05) is 18.8 Å². The van der Waals surface area contributed by atoms with Gasteiger partial charge in [0.2, 0.25) is 16.0 Å². The maximum atomic E-state index is 13.0. The smallest absolute Gasteiger partial charge is 0.471 e. The van der Waals surface area contributed by atoms with E-state index in [9.17, 15) is 26.4 Å². The lowest BCUT2D eigenvalue weighted by molar-refractivity contribution is -0.167. The predicted molar refractivity (Wildman–Crippen MR) is 126 cm³/mol. The molecule has 0 unspecified atom stereocenters. The summed E-state index contributed by atoms with van der Waals surface area (Å²) in [5, 5.41) is 2.24. The van der Waals surface area contributed by atoms with Gasteiger partial charge >= 0.3 is 12.1 Å². The van der Waals surface area contributed by atoms with E-state index in [1.165, 1.54) is 4.31 Å². The van der Waals surface area contributed by atoms with Crippen molar-refractivity contribution in [1.29, 1.82) is 0 Å². The highest BCUT2D eigenvalue weighted by molar-refractivity contribution is 7.89. The van der Waals surface area contributed by atoms with Crippen molar-refractivity contribution in [2.24, 2.45) is 5.92 Å². The molecule has 0 saturated carbocycles. The molecule has 1 aromatic heterocycles. The number of carbonyl (C=O) groups is 1. The van der Waals surface area contributed by atoms with Crippen LogP contribution in [-0.4, -0.2) is 54.5 Å². The number of aromatic nitrogens is 2. The molecule has 192 valence electrons. The van der Waals surface area contributed by atoms with Gasteiger partial charge in [0.05, 0.1) is 22.4 Å². The molecule has 10 nitrogen and oxygen atoms in total. The van der Waals surface area contributed by atoms with Crippen molar-refractivity contribution in [2.75, 3.05) is 36.5 Å². The van der Waals surface area contributed by atoms with Crippen molar-refractivity contribution in [3.8, 4) is 5.75 Å². The Bertz CT molecular complexity index is 1380. The number of alkyl halides is 3. The molecule has 1 aliphatic rings. The van der Waals surface area contributed by atoms with E-state index in [0.29, 0.717) is 36.1 Å². The van der Waals surface area contributed by atoms with Crippen molar-refractivity contribution in [2.45, 2.75) is 23.9 Å². The quantitative estimate of drug-likeness (QED) is 0.445. The van der Waals surface area contributed by atoms with Gasteiger partial charge in [-0.15, -0.1) is 0 Å². The van der Waals surface area contributed by atoms with E-state index in [4.69, 9.17) is 16.2 Å². The summed E-state index contributed by atoms with van der Waals surface area (Å²) in [5.74, 6) is -1.27. The number of benzene rings is 2. The number of hydrogen-bond donors (Lipinski definition) is 3. The normalized spacial score (nSPS) is 15.6. The number of nitrogens with two attached hydrogens (primary N) is 2.